The lowest BCUT2D eigenvalue weighted by Gasteiger charge is -2.09. The Bertz CT molecular complexity index is 287. The van der Waals surface area contributed by atoms with Crippen LogP contribution in [0.3, 0.4) is 0 Å². The Kier molecular flexibility index (Phi) is 4.70. The van der Waals surface area contributed by atoms with Crippen LogP contribution in [0.15, 0.2) is 30.3 Å². The summed E-state index contributed by atoms with van der Waals surface area (Å²) >= 11 is 3.70. The van der Waals surface area contributed by atoms with Gasteiger partial charge in [0.05, 0.1) is 0 Å². The molecular formula is C11H15NOS. The maximum atomic E-state index is 10.6. The fourth-order valence-corrected chi connectivity index (χ4v) is 1.46. The first kappa shape index (κ1) is 11.3. The van der Waals surface area contributed by atoms with E-state index in [0.29, 0.717) is 12.8 Å². The molecule has 0 fully saturated rings. The highest BCUT2D eigenvalue weighted by molar-refractivity contribution is 7.96. The van der Waals surface area contributed by atoms with E-state index in [2.05, 4.69) is 12.6 Å². The molecule has 2 nitrogen and oxygen atoms in total. The molecule has 3 heteroatoms. The van der Waals surface area contributed by atoms with Crippen molar-refractivity contribution in [2.24, 2.45) is 5.73 Å². The van der Waals surface area contributed by atoms with E-state index < -0.39 is 0 Å². The summed E-state index contributed by atoms with van der Waals surface area (Å²) < 4.78 is 0. The molecule has 0 bridgehead atoms. The van der Waals surface area contributed by atoms with Crippen molar-refractivity contribution in [2.45, 2.75) is 25.3 Å². The minimum absolute atomic E-state index is 0.0495. The molecule has 0 spiro atoms. The third-order valence-corrected chi connectivity index (χ3v) is 2.29. The smallest absolute Gasteiger partial charge is 0.185 e. The third-order valence-electron chi connectivity index (χ3n) is 2.07. The molecule has 1 aromatic rings. The number of thiol groups is 1. The van der Waals surface area contributed by atoms with Crippen molar-refractivity contribution in [1.82, 2.24) is 0 Å². The van der Waals surface area contributed by atoms with Crippen LogP contribution in [0.25, 0.3) is 0 Å². The third kappa shape index (κ3) is 4.44. The molecule has 1 aromatic carbocycles. The second-order valence-electron chi connectivity index (χ2n) is 3.38. The first-order valence-electron chi connectivity index (χ1n) is 4.70. The van der Waals surface area contributed by atoms with Gasteiger partial charge in [-0.25, -0.2) is 0 Å². The van der Waals surface area contributed by atoms with Gasteiger partial charge in [0.15, 0.2) is 5.12 Å². The fraction of sp³-hybridized carbons (Fsp3) is 0.364. The van der Waals surface area contributed by atoms with Gasteiger partial charge < -0.3 is 5.73 Å². The standard InChI is InChI=1S/C11H15NOS/c12-10(6-7-11(13)14)8-9-4-2-1-3-5-9/h1-5,10H,6-8,12H2,(H,13,14). The lowest BCUT2D eigenvalue weighted by atomic mass is 10.0. The predicted octanol–water partition coefficient (Wildman–Crippen LogP) is 1.79. The molecule has 2 N–H and O–H groups in total. The molecule has 0 heterocycles. The number of rotatable bonds is 5. The Morgan fingerprint density at radius 1 is 1.36 bits per heavy atom. The lowest BCUT2D eigenvalue weighted by molar-refractivity contribution is -0.110. The van der Waals surface area contributed by atoms with Crippen LogP contribution in [-0.2, 0) is 11.2 Å². The Balaban J connectivity index is 2.34. The molecule has 0 saturated carbocycles. The predicted molar refractivity (Wildman–Crippen MR) is 61.3 cm³/mol. The maximum absolute atomic E-state index is 10.6. The van der Waals surface area contributed by atoms with Gasteiger partial charge in [0.2, 0.25) is 0 Å². The van der Waals surface area contributed by atoms with Crippen molar-refractivity contribution < 1.29 is 4.79 Å². The van der Waals surface area contributed by atoms with Crippen LogP contribution in [-0.4, -0.2) is 11.2 Å². The highest BCUT2D eigenvalue weighted by Crippen LogP contribution is 2.06. The number of benzene rings is 1. The SMILES string of the molecule is NC(CCC(=O)S)Cc1ccccc1. The van der Waals surface area contributed by atoms with Crippen LogP contribution in [0.5, 0.6) is 0 Å². The van der Waals surface area contributed by atoms with E-state index in [-0.39, 0.29) is 11.2 Å². The van der Waals surface area contributed by atoms with Crippen LogP contribution in [0.1, 0.15) is 18.4 Å². The molecule has 0 aliphatic heterocycles. The van der Waals surface area contributed by atoms with Crippen molar-refractivity contribution in [3.05, 3.63) is 35.9 Å². The molecular weight excluding hydrogens is 194 g/mol. The van der Waals surface area contributed by atoms with E-state index in [0.717, 1.165) is 6.42 Å². The largest absolute Gasteiger partial charge is 0.327 e. The van der Waals surface area contributed by atoms with Crippen LogP contribution in [0.4, 0.5) is 0 Å². The van der Waals surface area contributed by atoms with Gasteiger partial charge in [0.25, 0.3) is 0 Å². The zero-order valence-electron chi connectivity index (χ0n) is 8.02. The topological polar surface area (TPSA) is 43.1 Å². The van der Waals surface area contributed by atoms with E-state index in [4.69, 9.17) is 5.73 Å². The Labute approximate surface area is 89.9 Å². The molecule has 0 aliphatic rings. The van der Waals surface area contributed by atoms with Crippen molar-refractivity contribution in [3.63, 3.8) is 0 Å². The molecule has 1 atom stereocenters. The number of nitrogens with two attached hydrogens (primary N) is 1. The first-order valence-corrected chi connectivity index (χ1v) is 5.14. The van der Waals surface area contributed by atoms with Crippen molar-refractivity contribution >= 4 is 17.7 Å². The molecule has 0 aromatic heterocycles. The van der Waals surface area contributed by atoms with E-state index in [1.54, 1.807) is 0 Å². The molecule has 0 aliphatic carbocycles. The van der Waals surface area contributed by atoms with Crippen molar-refractivity contribution in [3.8, 4) is 0 Å². The van der Waals surface area contributed by atoms with E-state index in [9.17, 15) is 4.79 Å². The number of hydrogen-bond donors (Lipinski definition) is 2. The molecule has 0 saturated heterocycles. The minimum Gasteiger partial charge on any atom is -0.327 e. The number of carbonyl (C=O) groups is 1. The van der Waals surface area contributed by atoms with Crippen LogP contribution in [0.2, 0.25) is 0 Å². The van der Waals surface area contributed by atoms with Crippen molar-refractivity contribution in [1.29, 1.82) is 0 Å². The van der Waals surface area contributed by atoms with E-state index in [1.807, 2.05) is 30.3 Å². The molecule has 1 unspecified atom stereocenters. The Morgan fingerprint density at radius 2 is 2.00 bits per heavy atom. The first-order chi connectivity index (χ1) is 6.68. The zero-order chi connectivity index (χ0) is 10.4. The van der Waals surface area contributed by atoms with Gasteiger partial charge in [-0.3, -0.25) is 4.79 Å². The summed E-state index contributed by atoms with van der Waals surface area (Å²) in [6.07, 6.45) is 1.98. The molecule has 1 rings (SSSR count). The zero-order valence-corrected chi connectivity index (χ0v) is 8.91. The molecule has 76 valence electrons. The van der Waals surface area contributed by atoms with Crippen LogP contribution < -0.4 is 5.73 Å². The quantitative estimate of drug-likeness (QED) is 0.726. The lowest BCUT2D eigenvalue weighted by Crippen LogP contribution is -2.23. The van der Waals surface area contributed by atoms with Gasteiger partial charge in [-0.2, -0.15) is 0 Å². The minimum atomic E-state index is -0.0893. The highest BCUT2D eigenvalue weighted by atomic mass is 32.1. The summed E-state index contributed by atoms with van der Waals surface area (Å²) in [5.74, 6) is 0. The molecule has 14 heavy (non-hydrogen) atoms. The second kappa shape index (κ2) is 5.83. The highest BCUT2D eigenvalue weighted by Gasteiger charge is 2.05. The van der Waals surface area contributed by atoms with E-state index >= 15 is 0 Å². The van der Waals surface area contributed by atoms with Gasteiger partial charge in [0, 0.05) is 12.5 Å². The summed E-state index contributed by atoms with van der Waals surface area (Å²) in [6, 6.07) is 10.1. The Hall–Kier alpha value is -0.800. The monoisotopic (exact) mass is 209 g/mol. The molecule has 0 radical (unpaired) electrons. The van der Waals surface area contributed by atoms with Crippen LogP contribution >= 0.6 is 12.6 Å². The summed E-state index contributed by atoms with van der Waals surface area (Å²) in [5.41, 5.74) is 7.08. The maximum Gasteiger partial charge on any atom is 0.185 e. The van der Waals surface area contributed by atoms with Gasteiger partial charge in [0.1, 0.15) is 0 Å². The van der Waals surface area contributed by atoms with Gasteiger partial charge >= 0.3 is 0 Å². The second-order valence-corrected chi connectivity index (χ2v) is 3.88. The average Bonchev–Trinajstić information content (AvgIpc) is 2.16. The molecule has 0 amide bonds. The van der Waals surface area contributed by atoms with Crippen molar-refractivity contribution in [2.75, 3.05) is 0 Å². The summed E-state index contributed by atoms with van der Waals surface area (Å²) in [6.45, 7) is 0. The number of carbonyl (C=O) groups excluding carboxylic acids is 1. The normalized spacial score (nSPS) is 12.4. The average molecular weight is 209 g/mol. The van der Waals surface area contributed by atoms with Crippen LogP contribution in [0, 0.1) is 0 Å². The fourth-order valence-electron chi connectivity index (χ4n) is 1.33. The van der Waals surface area contributed by atoms with Gasteiger partial charge in [-0.1, -0.05) is 30.3 Å². The summed E-state index contributed by atoms with van der Waals surface area (Å²) in [7, 11) is 0. The summed E-state index contributed by atoms with van der Waals surface area (Å²) in [4.78, 5) is 10.6. The number of hydrogen-bond acceptors (Lipinski definition) is 2. The Morgan fingerprint density at radius 3 is 2.57 bits per heavy atom. The summed E-state index contributed by atoms with van der Waals surface area (Å²) in [5, 5.41) is -0.0893. The van der Waals surface area contributed by atoms with E-state index in [1.165, 1.54) is 5.56 Å². The van der Waals surface area contributed by atoms with Gasteiger partial charge in [-0.05, 0) is 18.4 Å². The van der Waals surface area contributed by atoms with Gasteiger partial charge in [-0.15, -0.1) is 12.6 Å².